The molecule has 1 aromatic carbocycles. The van der Waals surface area contributed by atoms with Gasteiger partial charge in [0, 0.05) is 37.5 Å². The van der Waals surface area contributed by atoms with E-state index in [-0.39, 0.29) is 5.97 Å². The van der Waals surface area contributed by atoms with Crippen molar-refractivity contribution in [2.75, 3.05) is 12.3 Å². The molecule has 1 aromatic heterocycles. The third-order valence-electron chi connectivity index (χ3n) is 3.11. The topological polar surface area (TPSA) is 70.1 Å². The van der Waals surface area contributed by atoms with E-state index in [0.717, 1.165) is 11.3 Å². The monoisotopic (exact) mass is 273 g/mol. The zero-order valence-corrected chi connectivity index (χ0v) is 11.6. The highest BCUT2D eigenvalue weighted by atomic mass is 16.5. The number of anilines is 1. The Kier molecular flexibility index (Phi) is 4.76. The second-order valence-corrected chi connectivity index (χ2v) is 4.66. The summed E-state index contributed by atoms with van der Waals surface area (Å²) >= 11 is 0. The summed E-state index contributed by atoms with van der Waals surface area (Å²) in [5.41, 5.74) is 8.50. The van der Waals surface area contributed by atoms with Crippen molar-refractivity contribution in [3.63, 3.8) is 0 Å². The molecule has 0 saturated heterocycles. The molecule has 2 aromatic rings. The lowest BCUT2D eigenvalue weighted by atomic mass is 10.1. The van der Waals surface area contributed by atoms with Crippen molar-refractivity contribution in [3.8, 4) is 0 Å². The average molecular weight is 273 g/mol. The van der Waals surface area contributed by atoms with Crippen LogP contribution < -0.4 is 5.73 Å². The van der Waals surface area contributed by atoms with Crippen LogP contribution >= 0.6 is 0 Å². The van der Waals surface area contributed by atoms with Crippen molar-refractivity contribution in [1.29, 1.82) is 0 Å². The number of benzene rings is 1. The number of ether oxygens (including phenoxy) is 1. The molecule has 0 bridgehead atoms. The van der Waals surface area contributed by atoms with E-state index >= 15 is 0 Å². The van der Waals surface area contributed by atoms with Gasteiger partial charge in [-0.3, -0.25) is 9.48 Å². The second-order valence-electron chi connectivity index (χ2n) is 4.66. The highest BCUT2D eigenvalue weighted by Crippen LogP contribution is 2.09. The maximum Gasteiger partial charge on any atom is 0.306 e. The van der Waals surface area contributed by atoms with Crippen LogP contribution in [0, 0.1) is 0 Å². The molecule has 0 fully saturated rings. The van der Waals surface area contributed by atoms with Gasteiger partial charge in [-0.05, 0) is 30.2 Å². The molecular formula is C15H19N3O2. The number of carbonyl (C=O) groups is 1. The number of nitrogens with zero attached hydrogens (tertiary/aromatic N) is 2. The Balaban J connectivity index is 1.69. The Bertz CT molecular complexity index is 578. The molecule has 0 atom stereocenters. The zero-order chi connectivity index (χ0) is 14.4. The minimum Gasteiger partial charge on any atom is -0.465 e. The van der Waals surface area contributed by atoms with Crippen molar-refractivity contribution >= 4 is 11.7 Å². The highest BCUT2D eigenvalue weighted by molar-refractivity contribution is 5.69. The summed E-state index contributed by atoms with van der Waals surface area (Å²) in [7, 11) is 1.87. The third kappa shape index (κ3) is 4.12. The molecule has 5 heteroatoms. The van der Waals surface area contributed by atoms with Crippen molar-refractivity contribution in [3.05, 3.63) is 47.8 Å². The van der Waals surface area contributed by atoms with E-state index in [1.54, 1.807) is 10.9 Å². The van der Waals surface area contributed by atoms with E-state index in [2.05, 4.69) is 5.10 Å². The zero-order valence-electron chi connectivity index (χ0n) is 11.6. The summed E-state index contributed by atoms with van der Waals surface area (Å²) in [6, 6.07) is 9.47. The van der Waals surface area contributed by atoms with E-state index in [1.807, 2.05) is 37.4 Å². The number of aryl methyl sites for hydroxylation is 2. The Morgan fingerprint density at radius 1 is 1.35 bits per heavy atom. The Morgan fingerprint density at radius 3 is 2.90 bits per heavy atom. The molecule has 0 spiro atoms. The van der Waals surface area contributed by atoms with Gasteiger partial charge in [-0.1, -0.05) is 12.1 Å². The van der Waals surface area contributed by atoms with Crippen LogP contribution in [-0.4, -0.2) is 22.4 Å². The number of rotatable bonds is 6. The van der Waals surface area contributed by atoms with Gasteiger partial charge < -0.3 is 10.5 Å². The van der Waals surface area contributed by atoms with Crippen LogP contribution in [0.3, 0.4) is 0 Å². The van der Waals surface area contributed by atoms with Crippen LogP contribution in [0.1, 0.15) is 17.7 Å². The molecule has 20 heavy (non-hydrogen) atoms. The lowest BCUT2D eigenvalue weighted by Crippen LogP contribution is -2.10. The van der Waals surface area contributed by atoms with Crippen LogP contribution in [0.4, 0.5) is 5.69 Å². The lowest BCUT2D eigenvalue weighted by Gasteiger charge is -2.06. The highest BCUT2D eigenvalue weighted by Gasteiger charge is 2.05. The van der Waals surface area contributed by atoms with Crippen LogP contribution in [0.5, 0.6) is 0 Å². The van der Waals surface area contributed by atoms with Gasteiger partial charge in [0.15, 0.2) is 0 Å². The number of nitrogens with two attached hydrogens (primary N) is 1. The average Bonchev–Trinajstić information content (AvgIpc) is 2.82. The number of hydrogen-bond donors (Lipinski definition) is 1. The van der Waals surface area contributed by atoms with E-state index in [0.29, 0.717) is 31.6 Å². The maximum atomic E-state index is 11.6. The summed E-state index contributed by atoms with van der Waals surface area (Å²) in [5.74, 6) is -0.186. The predicted molar refractivity (Wildman–Crippen MR) is 77.0 cm³/mol. The molecule has 0 amide bonds. The molecule has 1 heterocycles. The standard InChI is InChI=1S/C15H19N3O2/c1-18-14(7-9-17-18)8-10-20-15(19)6-5-12-3-2-4-13(16)11-12/h2-4,7,9,11H,5-6,8,10,16H2,1H3. The van der Waals surface area contributed by atoms with Gasteiger partial charge in [-0.2, -0.15) is 5.10 Å². The van der Waals surface area contributed by atoms with Crippen LogP contribution in [0.25, 0.3) is 0 Å². The molecule has 2 rings (SSSR count). The smallest absolute Gasteiger partial charge is 0.306 e. The van der Waals surface area contributed by atoms with Crippen molar-refractivity contribution in [1.82, 2.24) is 9.78 Å². The van der Waals surface area contributed by atoms with Crippen LogP contribution in [0.15, 0.2) is 36.5 Å². The summed E-state index contributed by atoms with van der Waals surface area (Å²) < 4.78 is 6.99. The third-order valence-corrected chi connectivity index (χ3v) is 3.11. The van der Waals surface area contributed by atoms with Crippen LogP contribution in [0.2, 0.25) is 0 Å². The summed E-state index contributed by atoms with van der Waals surface area (Å²) in [5, 5.41) is 4.06. The quantitative estimate of drug-likeness (QED) is 0.642. The Morgan fingerprint density at radius 2 is 2.20 bits per heavy atom. The minimum atomic E-state index is -0.186. The van der Waals surface area contributed by atoms with Gasteiger partial charge in [0.1, 0.15) is 0 Å². The van der Waals surface area contributed by atoms with E-state index < -0.39 is 0 Å². The molecule has 0 aliphatic carbocycles. The molecule has 5 nitrogen and oxygen atoms in total. The molecule has 0 saturated carbocycles. The van der Waals surface area contributed by atoms with Crippen molar-refractivity contribution < 1.29 is 9.53 Å². The van der Waals surface area contributed by atoms with Crippen molar-refractivity contribution in [2.24, 2.45) is 7.05 Å². The van der Waals surface area contributed by atoms with Gasteiger partial charge in [0.05, 0.1) is 6.61 Å². The number of esters is 1. The molecule has 2 N–H and O–H groups in total. The lowest BCUT2D eigenvalue weighted by molar-refractivity contribution is -0.143. The fourth-order valence-electron chi connectivity index (χ4n) is 1.98. The fraction of sp³-hybridized carbons (Fsp3) is 0.333. The van der Waals surface area contributed by atoms with Gasteiger partial charge >= 0.3 is 5.97 Å². The number of carbonyl (C=O) groups excluding carboxylic acids is 1. The van der Waals surface area contributed by atoms with Crippen molar-refractivity contribution in [2.45, 2.75) is 19.3 Å². The first-order valence-corrected chi connectivity index (χ1v) is 6.62. The predicted octanol–water partition coefficient (Wildman–Crippen LogP) is 1.72. The normalized spacial score (nSPS) is 10.4. The number of hydrogen-bond acceptors (Lipinski definition) is 4. The first-order chi connectivity index (χ1) is 9.65. The molecule has 0 unspecified atom stereocenters. The van der Waals surface area contributed by atoms with Gasteiger partial charge in [0.2, 0.25) is 0 Å². The van der Waals surface area contributed by atoms with Gasteiger partial charge in [-0.15, -0.1) is 0 Å². The molecule has 0 aliphatic heterocycles. The Labute approximate surface area is 118 Å². The second kappa shape index (κ2) is 6.75. The largest absolute Gasteiger partial charge is 0.465 e. The van der Waals surface area contributed by atoms with E-state index in [1.165, 1.54) is 0 Å². The minimum absolute atomic E-state index is 0.186. The van der Waals surface area contributed by atoms with E-state index in [4.69, 9.17) is 10.5 Å². The van der Waals surface area contributed by atoms with Crippen LogP contribution in [-0.2, 0) is 29.4 Å². The summed E-state index contributed by atoms with van der Waals surface area (Å²) in [6.07, 6.45) is 3.43. The van der Waals surface area contributed by atoms with Gasteiger partial charge in [-0.25, -0.2) is 0 Å². The SMILES string of the molecule is Cn1nccc1CCOC(=O)CCc1cccc(N)c1. The summed E-state index contributed by atoms with van der Waals surface area (Å²) in [6.45, 7) is 0.384. The fourth-order valence-corrected chi connectivity index (χ4v) is 1.98. The first kappa shape index (κ1) is 14.1. The molecule has 0 radical (unpaired) electrons. The molecule has 106 valence electrons. The molecule has 0 aliphatic rings. The first-order valence-electron chi connectivity index (χ1n) is 6.62. The number of nitrogen functional groups attached to an aromatic ring is 1. The Hall–Kier alpha value is -2.30. The van der Waals surface area contributed by atoms with E-state index in [9.17, 15) is 4.79 Å². The number of aromatic nitrogens is 2. The maximum absolute atomic E-state index is 11.6. The molecular weight excluding hydrogens is 254 g/mol. The summed E-state index contributed by atoms with van der Waals surface area (Å²) in [4.78, 5) is 11.6. The van der Waals surface area contributed by atoms with Gasteiger partial charge in [0.25, 0.3) is 0 Å².